The van der Waals surface area contributed by atoms with Crippen molar-refractivity contribution in [1.29, 1.82) is 0 Å². The lowest BCUT2D eigenvalue weighted by Crippen LogP contribution is -2.47. The summed E-state index contributed by atoms with van der Waals surface area (Å²) >= 11 is 0. The van der Waals surface area contributed by atoms with Crippen LogP contribution in [0.25, 0.3) is 0 Å². The summed E-state index contributed by atoms with van der Waals surface area (Å²) in [6.07, 6.45) is 0.477. The largest absolute Gasteiger partial charge is 0.396 e. The number of sulfonamides is 1. The first-order valence-electron chi connectivity index (χ1n) is 9.45. The standard InChI is InChI=1S/C20H21F3N2O5S/c21-16-11-14(12-17(22)18(16)23)24-19(27)13-2-1-3-15(10-13)31(29,30)25-7-4-20(28,5-8-25)6-9-26/h1-3,10-12,26,28H,4-9H2,(H,24,27). The Morgan fingerprint density at radius 1 is 1.10 bits per heavy atom. The molecule has 0 unspecified atom stereocenters. The Morgan fingerprint density at radius 3 is 2.29 bits per heavy atom. The number of halogens is 3. The molecule has 1 amide bonds. The van der Waals surface area contributed by atoms with E-state index in [1.807, 2.05) is 0 Å². The minimum Gasteiger partial charge on any atom is -0.396 e. The summed E-state index contributed by atoms with van der Waals surface area (Å²) in [5.74, 6) is -5.45. The summed E-state index contributed by atoms with van der Waals surface area (Å²) in [4.78, 5) is 12.3. The molecule has 1 saturated heterocycles. The van der Waals surface area contributed by atoms with Crippen LogP contribution in [0.15, 0.2) is 41.3 Å². The summed E-state index contributed by atoms with van der Waals surface area (Å²) in [5.41, 5.74) is -1.53. The first-order valence-corrected chi connectivity index (χ1v) is 10.9. The number of aliphatic hydroxyl groups excluding tert-OH is 1. The van der Waals surface area contributed by atoms with E-state index < -0.39 is 39.0 Å². The van der Waals surface area contributed by atoms with Crippen molar-refractivity contribution in [3.05, 3.63) is 59.4 Å². The number of carbonyl (C=O) groups is 1. The van der Waals surface area contributed by atoms with Crippen molar-refractivity contribution in [3.63, 3.8) is 0 Å². The van der Waals surface area contributed by atoms with Gasteiger partial charge in [-0.25, -0.2) is 21.6 Å². The molecule has 2 aromatic rings. The van der Waals surface area contributed by atoms with E-state index in [-0.39, 0.29) is 55.1 Å². The summed E-state index contributed by atoms with van der Waals surface area (Å²) in [7, 11) is -3.96. The third-order valence-corrected chi connectivity index (χ3v) is 7.10. The number of carbonyl (C=O) groups excluding carboxylic acids is 1. The van der Waals surface area contributed by atoms with E-state index in [2.05, 4.69) is 5.32 Å². The van der Waals surface area contributed by atoms with Gasteiger partial charge >= 0.3 is 0 Å². The van der Waals surface area contributed by atoms with Gasteiger partial charge in [-0.1, -0.05) is 6.07 Å². The van der Waals surface area contributed by atoms with E-state index in [1.54, 1.807) is 0 Å². The Labute approximate surface area is 177 Å². The fourth-order valence-corrected chi connectivity index (χ4v) is 4.87. The zero-order valence-corrected chi connectivity index (χ0v) is 17.1. The highest BCUT2D eigenvalue weighted by Crippen LogP contribution is 2.29. The summed E-state index contributed by atoms with van der Waals surface area (Å²) in [6, 6.07) is 6.31. The maximum Gasteiger partial charge on any atom is 0.255 e. The number of nitrogens with zero attached hydrogens (tertiary/aromatic N) is 1. The minimum atomic E-state index is -3.96. The normalized spacial score (nSPS) is 16.8. The molecule has 0 saturated carbocycles. The number of anilines is 1. The maximum atomic E-state index is 13.3. The van der Waals surface area contributed by atoms with E-state index in [1.165, 1.54) is 22.5 Å². The molecule has 7 nitrogen and oxygen atoms in total. The molecule has 0 aromatic heterocycles. The predicted molar refractivity (Wildman–Crippen MR) is 105 cm³/mol. The van der Waals surface area contributed by atoms with Crippen LogP contribution in [-0.2, 0) is 10.0 Å². The number of aliphatic hydroxyl groups is 2. The lowest BCUT2D eigenvalue weighted by Gasteiger charge is -2.37. The summed E-state index contributed by atoms with van der Waals surface area (Å²) < 4.78 is 66.8. The van der Waals surface area contributed by atoms with E-state index in [4.69, 9.17) is 5.11 Å². The fourth-order valence-electron chi connectivity index (χ4n) is 3.38. The lowest BCUT2D eigenvalue weighted by atomic mass is 9.89. The van der Waals surface area contributed by atoms with Gasteiger partial charge in [0.15, 0.2) is 17.5 Å². The van der Waals surface area contributed by atoms with Crippen LogP contribution in [0.1, 0.15) is 29.6 Å². The van der Waals surface area contributed by atoms with Gasteiger partial charge in [-0.3, -0.25) is 4.79 Å². The van der Waals surface area contributed by atoms with Crippen molar-refractivity contribution in [2.24, 2.45) is 0 Å². The van der Waals surface area contributed by atoms with Gasteiger partial charge in [-0.15, -0.1) is 0 Å². The number of nitrogens with one attached hydrogen (secondary N) is 1. The van der Waals surface area contributed by atoms with Gasteiger partial charge in [0.25, 0.3) is 5.91 Å². The molecule has 31 heavy (non-hydrogen) atoms. The molecule has 168 valence electrons. The van der Waals surface area contributed by atoms with Crippen molar-refractivity contribution >= 4 is 21.6 Å². The molecule has 1 fully saturated rings. The number of hydrogen-bond acceptors (Lipinski definition) is 5. The minimum absolute atomic E-state index is 0.0450. The van der Waals surface area contributed by atoms with Crippen LogP contribution in [0.4, 0.5) is 18.9 Å². The molecule has 0 aliphatic carbocycles. The van der Waals surface area contributed by atoms with Crippen molar-refractivity contribution in [1.82, 2.24) is 4.31 Å². The maximum absolute atomic E-state index is 13.3. The quantitative estimate of drug-likeness (QED) is 0.576. The topological polar surface area (TPSA) is 107 Å². The Bertz CT molecular complexity index is 1060. The number of piperidine rings is 1. The molecule has 1 heterocycles. The molecule has 0 bridgehead atoms. The zero-order chi connectivity index (χ0) is 22.8. The van der Waals surface area contributed by atoms with Crippen LogP contribution in [0.3, 0.4) is 0 Å². The molecule has 3 rings (SSSR count). The Kier molecular flexibility index (Phi) is 6.70. The number of rotatable bonds is 6. The van der Waals surface area contributed by atoms with Gasteiger partial charge in [0, 0.05) is 43.1 Å². The first kappa shape index (κ1) is 23.2. The third kappa shape index (κ3) is 5.06. The Balaban J connectivity index is 1.77. The van der Waals surface area contributed by atoms with Crippen LogP contribution in [0, 0.1) is 17.5 Å². The van der Waals surface area contributed by atoms with Crippen LogP contribution in [0.2, 0.25) is 0 Å². The van der Waals surface area contributed by atoms with Gasteiger partial charge in [0.2, 0.25) is 10.0 Å². The van der Waals surface area contributed by atoms with E-state index in [0.717, 1.165) is 6.07 Å². The monoisotopic (exact) mass is 458 g/mol. The summed E-state index contributed by atoms with van der Waals surface area (Å²) in [5, 5.41) is 21.6. The van der Waals surface area contributed by atoms with E-state index >= 15 is 0 Å². The molecule has 1 aliphatic rings. The zero-order valence-electron chi connectivity index (χ0n) is 16.3. The van der Waals surface area contributed by atoms with Crippen LogP contribution in [0.5, 0.6) is 0 Å². The molecule has 0 spiro atoms. The van der Waals surface area contributed by atoms with Crippen molar-refractivity contribution in [2.45, 2.75) is 29.8 Å². The van der Waals surface area contributed by atoms with Crippen LogP contribution in [-0.4, -0.2) is 54.1 Å². The van der Waals surface area contributed by atoms with Gasteiger partial charge in [-0.2, -0.15) is 4.31 Å². The van der Waals surface area contributed by atoms with Crippen LogP contribution >= 0.6 is 0 Å². The highest BCUT2D eigenvalue weighted by molar-refractivity contribution is 7.89. The molecular formula is C20H21F3N2O5S. The highest BCUT2D eigenvalue weighted by atomic mass is 32.2. The van der Waals surface area contributed by atoms with E-state index in [9.17, 15) is 31.5 Å². The van der Waals surface area contributed by atoms with Crippen molar-refractivity contribution in [3.8, 4) is 0 Å². The van der Waals surface area contributed by atoms with Crippen molar-refractivity contribution < 1.29 is 36.6 Å². The number of benzene rings is 2. The van der Waals surface area contributed by atoms with Gasteiger partial charge in [0.1, 0.15) is 0 Å². The van der Waals surface area contributed by atoms with Gasteiger partial charge in [-0.05, 0) is 37.5 Å². The van der Waals surface area contributed by atoms with Gasteiger partial charge in [0.05, 0.1) is 10.5 Å². The second kappa shape index (κ2) is 8.95. The smallest absolute Gasteiger partial charge is 0.255 e. The van der Waals surface area contributed by atoms with E-state index in [0.29, 0.717) is 12.1 Å². The summed E-state index contributed by atoms with van der Waals surface area (Å²) in [6.45, 7) is -0.116. The second-order valence-corrected chi connectivity index (χ2v) is 9.28. The molecular weight excluding hydrogens is 437 g/mol. The predicted octanol–water partition coefficient (Wildman–Crippen LogP) is 2.25. The first-order chi connectivity index (χ1) is 14.6. The Morgan fingerprint density at radius 2 is 1.71 bits per heavy atom. The molecule has 0 radical (unpaired) electrons. The highest BCUT2D eigenvalue weighted by Gasteiger charge is 2.36. The molecule has 11 heteroatoms. The molecule has 2 aromatic carbocycles. The average molecular weight is 458 g/mol. The number of amides is 1. The fraction of sp³-hybridized carbons (Fsp3) is 0.350. The SMILES string of the molecule is O=C(Nc1cc(F)c(F)c(F)c1)c1cccc(S(=O)(=O)N2CCC(O)(CCO)CC2)c1. The number of hydrogen-bond donors (Lipinski definition) is 3. The van der Waals surface area contributed by atoms with Gasteiger partial charge < -0.3 is 15.5 Å². The molecule has 1 aliphatic heterocycles. The second-order valence-electron chi connectivity index (χ2n) is 7.34. The average Bonchev–Trinajstić information content (AvgIpc) is 2.72. The lowest BCUT2D eigenvalue weighted by molar-refractivity contribution is -0.0234. The third-order valence-electron chi connectivity index (χ3n) is 5.21. The molecule has 0 atom stereocenters. The van der Waals surface area contributed by atoms with Crippen LogP contribution < -0.4 is 5.32 Å². The Hall–Kier alpha value is -2.47. The van der Waals surface area contributed by atoms with Crippen molar-refractivity contribution in [2.75, 3.05) is 25.0 Å². The molecule has 3 N–H and O–H groups in total.